The molecule has 0 fully saturated rings. The van der Waals surface area contributed by atoms with Crippen LogP contribution in [0.15, 0.2) is 0 Å². The molecule has 1 amide bonds. The number of methoxy groups -OCH3 is 1. The molecule has 0 unspecified atom stereocenters. The number of carbonyl (C=O) groups excluding carboxylic acids is 1. The highest BCUT2D eigenvalue weighted by Crippen LogP contribution is 2.21. The van der Waals surface area contributed by atoms with Crippen LogP contribution in [0.3, 0.4) is 0 Å². The second-order valence-corrected chi connectivity index (χ2v) is 6.17. The van der Waals surface area contributed by atoms with Crippen LogP contribution < -0.4 is 5.32 Å². The maximum Gasteiger partial charge on any atom is 0.219 e. The lowest BCUT2D eigenvalue weighted by Crippen LogP contribution is -2.24. The maximum atomic E-state index is 11.5. The van der Waals surface area contributed by atoms with Gasteiger partial charge in [-0.15, -0.1) is 0 Å². The minimum atomic E-state index is 0.197. The first kappa shape index (κ1) is 17.4. The van der Waals surface area contributed by atoms with E-state index in [9.17, 15) is 4.79 Å². The number of nitrogens with one attached hydrogen (secondary N) is 1. The Morgan fingerprint density at radius 3 is 2.39 bits per heavy atom. The minimum absolute atomic E-state index is 0.197. The second-order valence-electron chi connectivity index (χ2n) is 6.17. The van der Waals surface area contributed by atoms with E-state index in [2.05, 4.69) is 26.1 Å². The van der Waals surface area contributed by atoms with E-state index < -0.39 is 0 Å². The monoisotopic (exact) mass is 257 g/mol. The molecular weight excluding hydrogens is 226 g/mol. The SMILES string of the molecule is COCCCCCC(=O)NCCCCC(C)(C)C. The van der Waals surface area contributed by atoms with E-state index in [-0.39, 0.29) is 5.91 Å². The first-order valence-electron chi connectivity index (χ1n) is 7.21. The molecule has 0 heterocycles. The smallest absolute Gasteiger partial charge is 0.219 e. The number of carbonyl (C=O) groups is 1. The highest BCUT2D eigenvalue weighted by molar-refractivity contribution is 5.75. The van der Waals surface area contributed by atoms with Crippen LogP contribution in [0.4, 0.5) is 0 Å². The minimum Gasteiger partial charge on any atom is -0.385 e. The number of hydrogen-bond acceptors (Lipinski definition) is 2. The molecule has 108 valence electrons. The summed E-state index contributed by atoms with van der Waals surface area (Å²) in [5.74, 6) is 0.197. The van der Waals surface area contributed by atoms with Gasteiger partial charge >= 0.3 is 0 Å². The lowest BCUT2D eigenvalue weighted by Gasteiger charge is -2.17. The van der Waals surface area contributed by atoms with Gasteiger partial charge in [-0.1, -0.05) is 33.6 Å². The van der Waals surface area contributed by atoms with Gasteiger partial charge in [-0.3, -0.25) is 4.79 Å². The quantitative estimate of drug-likeness (QED) is 0.608. The van der Waals surface area contributed by atoms with Gasteiger partial charge in [0.1, 0.15) is 0 Å². The fraction of sp³-hybridized carbons (Fsp3) is 0.933. The van der Waals surface area contributed by atoms with Gasteiger partial charge in [0, 0.05) is 26.7 Å². The van der Waals surface area contributed by atoms with Crippen molar-refractivity contribution in [3.8, 4) is 0 Å². The topological polar surface area (TPSA) is 38.3 Å². The van der Waals surface area contributed by atoms with Gasteiger partial charge in [0.25, 0.3) is 0 Å². The number of rotatable bonds is 10. The van der Waals surface area contributed by atoms with Gasteiger partial charge in [-0.05, 0) is 31.1 Å². The summed E-state index contributed by atoms with van der Waals surface area (Å²) in [5, 5.41) is 2.99. The summed E-state index contributed by atoms with van der Waals surface area (Å²) >= 11 is 0. The molecule has 0 aliphatic heterocycles. The molecular formula is C15H31NO2. The normalized spacial score (nSPS) is 11.6. The molecule has 0 bridgehead atoms. The first-order valence-corrected chi connectivity index (χ1v) is 7.21. The van der Waals surface area contributed by atoms with Crippen LogP contribution in [0.25, 0.3) is 0 Å². The number of unbranched alkanes of at least 4 members (excludes halogenated alkanes) is 3. The van der Waals surface area contributed by atoms with Crippen molar-refractivity contribution in [2.45, 2.75) is 65.7 Å². The Hall–Kier alpha value is -0.570. The Kier molecular flexibility index (Phi) is 10.0. The van der Waals surface area contributed by atoms with Crippen molar-refractivity contribution >= 4 is 5.91 Å². The summed E-state index contributed by atoms with van der Waals surface area (Å²) in [7, 11) is 1.71. The number of hydrogen-bond donors (Lipinski definition) is 1. The molecule has 0 aliphatic rings. The Morgan fingerprint density at radius 1 is 1.06 bits per heavy atom. The molecule has 0 rings (SSSR count). The van der Waals surface area contributed by atoms with E-state index in [1.807, 2.05) is 0 Å². The van der Waals surface area contributed by atoms with Crippen LogP contribution in [0, 0.1) is 5.41 Å². The van der Waals surface area contributed by atoms with Crippen LogP contribution in [-0.2, 0) is 9.53 Å². The lowest BCUT2D eigenvalue weighted by molar-refractivity contribution is -0.121. The van der Waals surface area contributed by atoms with Crippen LogP contribution >= 0.6 is 0 Å². The number of amides is 1. The van der Waals surface area contributed by atoms with Crippen LogP contribution in [-0.4, -0.2) is 26.2 Å². The fourth-order valence-corrected chi connectivity index (χ4v) is 1.81. The molecule has 0 aromatic carbocycles. The molecule has 0 spiro atoms. The summed E-state index contributed by atoms with van der Waals surface area (Å²) in [5.41, 5.74) is 0.408. The third-order valence-electron chi connectivity index (χ3n) is 2.93. The van der Waals surface area contributed by atoms with Crippen molar-refractivity contribution in [1.29, 1.82) is 0 Å². The molecule has 0 aromatic rings. The zero-order valence-electron chi connectivity index (χ0n) is 12.7. The average molecular weight is 257 g/mol. The average Bonchev–Trinajstić information content (AvgIpc) is 2.27. The van der Waals surface area contributed by atoms with Gasteiger partial charge in [0.2, 0.25) is 5.91 Å². The Balaban J connectivity index is 3.27. The van der Waals surface area contributed by atoms with E-state index in [0.29, 0.717) is 11.8 Å². The van der Waals surface area contributed by atoms with Gasteiger partial charge in [0.15, 0.2) is 0 Å². The van der Waals surface area contributed by atoms with E-state index in [1.54, 1.807) is 7.11 Å². The Bertz CT molecular complexity index is 209. The van der Waals surface area contributed by atoms with Crippen molar-refractivity contribution in [2.75, 3.05) is 20.3 Å². The molecule has 0 saturated carbocycles. The summed E-state index contributed by atoms with van der Waals surface area (Å²) in [6, 6.07) is 0. The van der Waals surface area contributed by atoms with Gasteiger partial charge in [0.05, 0.1) is 0 Å². The predicted molar refractivity (Wildman–Crippen MR) is 76.7 cm³/mol. The highest BCUT2D eigenvalue weighted by Gasteiger charge is 2.08. The van der Waals surface area contributed by atoms with Crippen molar-refractivity contribution < 1.29 is 9.53 Å². The third-order valence-corrected chi connectivity index (χ3v) is 2.93. The van der Waals surface area contributed by atoms with E-state index in [4.69, 9.17) is 4.74 Å². The zero-order valence-corrected chi connectivity index (χ0v) is 12.7. The molecule has 0 aliphatic carbocycles. The Morgan fingerprint density at radius 2 is 1.78 bits per heavy atom. The van der Waals surface area contributed by atoms with Crippen LogP contribution in [0.2, 0.25) is 0 Å². The summed E-state index contributed by atoms with van der Waals surface area (Å²) < 4.78 is 4.97. The van der Waals surface area contributed by atoms with Crippen molar-refractivity contribution in [3.05, 3.63) is 0 Å². The summed E-state index contributed by atoms with van der Waals surface area (Å²) in [4.78, 5) is 11.5. The van der Waals surface area contributed by atoms with Gasteiger partial charge in [-0.2, -0.15) is 0 Å². The van der Waals surface area contributed by atoms with E-state index in [0.717, 1.165) is 38.8 Å². The molecule has 0 aromatic heterocycles. The molecule has 18 heavy (non-hydrogen) atoms. The van der Waals surface area contributed by atoms with E-state index >= 15 is 0 Å². The van der Waals surface area contributed by atoms with Crippen molar-refractivity contribution in [1.82, 2.24) is 5.32 Å². The van der Waals surface area contributed by atoms with E-state index in [1.165, 1.54) is 12.8 Å². The predicted octanol–water partition coefficient (Wildman–Crippen LogP) is 3.53. The van der Waals surface area contributed by atoms with Crippen molar-refractivity contribution in [3.63, 3.8) is 0 Å². The summed E-state index contributed by atoms with van der Waals surface area (Å²) in [6.45, 7) is 8.39. The maximum absolute atomic E-state index is 11.5. The van der Waals surface area contributed by atoms with Gasteiger partial charge in [-0.25, -0.2) is 0 Å². The zero-order chi connectivity index (χ0) is 13.9. The summed E-state index contributed by atoms with van der Waals surface area (Å²) in [6.07, 6.45) is 7.25. The largest absolute Gasteiger partial charge is 0.385 e. The lowest BCUT2D eigenvalue weighted by atomic mass is 9.90. The highest BCUT2D eigenvalue weighted by atomic mass is 16.5. The molecule has 0 radical (unpaired) electrons. The molecule has 3 nitrogen and oxygen atoms in total. The first-order chi connectivity index (χ1) is 8.45. The molecule has 3 heteroatoms. The molecule has 1 N–H and O–H groups in total. The van der Waals surface area contributed by atoms with Crippen LogP contribution in [0.1, 0.15) is 65.7 Å². The van der Waals surface area contributed by atoms with Crippen molar-refractivity contribution in [2.24, 2.45) is 5.41 Å². The molecule has 0 saturated heterocycles. The van der Waals surface area contributed by atoms with Gasteiger partial charge < -0.3 is 10.1 Å². The fourth-order valence-electron chi connectivity index (χ4n) is 1.81. The third kappa shape index (κ3) is 13.5. The van der Waals surface area contributed by atoms with Crippen LogP contribution in [0.5, 0.6) is 0 Å². The number of ether oxygens (including phenoxy) is 1. The second kappa shape index (κ2) is 10.4. The molecule has 0 atom stereocenters. The standard InChI is InChI=1S/C15H31NO2/c1-15(2,3)11-7-8-12-16-14(17)10-6-5-9-13-18-4/h5-13H2,1-4H3,(H,16,17). The Labute approximate surface area is 113 Å².